The third-order valence-corrected chi connectivity index (χ3v) is 4.06. The number of methoxy groups -OCH3 is 1. The van der Waals surface area contributed by atoms with Crippen molar-refractivity contribution in [2.45, 2.75) is 32.7 Å². The van der Waals surface area contributed by atoms with E-state index in [-0.39, 0.29) is 24.9 Å². The number of hydrogen-bond acceptors (Lipinski definition) is 3. The van der Waals surface area contributed by atoms with Crippen LogP contribution >= 0.6 is 0 Å². The van der Waals surface area contributed by atoms with Crippen LogP contribution in [-0.2, 0) is 16.0 Å². The molecule has 1 atom stereocenters. The molecule has 124 valence electrons. The minimum Gasteiger partial charge on any atom is -0.496 e. The molecule has 2 rings (SSSR count). The number of carboxylic acids is 1. The highest BCUT2D eigenvalue weighted by Crippen LogP contribution is 2.29. The van der Waals surface area contributed by atoms with Gasteiger partial charge in [0.25, 0.3) is 0 Å². The Morgan fingerprint density at radius 1 is 1.39 bits per heavy atom. The minimum atomic E-state index is -1.00. The van der Waals surface area contributed by atoms with Crippen molar-refractivity contribution in [3.05, 3.63) is 30.0 Å². The number of aromatic nitrogens is 1. The quantitative estimate of drug-likeness (QED) is 0.821. The van der Waals surface area contributed by atoms with Gasteiger partial charge in [0.15, 0.2) is 0 Å². The Kier molecular flexibility index (Phi) is 5.26. The van der Waals surface area contributed by atoms with E-state index in [0.717, 1.165) is 16.5 Å². The first kappa shape index (κ1) is 16.9. The van der Waals surface area contributed by atoms with Crippen molar-refractivity contribution in [3.63, 3.8) is 0 Å². The second-order valence-electron chi connectivity index (χ2n) is 5.55. The lowest BCUT2D eigenvalue weighted by atomic mass is 10.1. The summed E-state index contributed by atoms with van der Waals surface area (Å²) >= 11 is 0. The molecule has 6 nitrogen and oxygen atoms in total. The normalized spacial score (nSPS) is 12.1. The molecule has 0 fully saturated rings. The fourth-order valence-electron chi connectivity index (χ4n) is 2.65. The Balaban J connectivity index is 2.29. The molecule has 0 aliphatic rings. The summed E-state index contributed by atoms with van der Waals surface area (Å²) in [5.74, 6) is -0.511. The number of carbonyl (C=O) groups excluding carboxylic acids is 1. The third kappa shape index (κ3) is 3.64. The maximum absolute atomic E-state index is 12.6. The Labute approximate surface area is 135 Å². The molecule has 0 bridgehead atoms. The van der Waals surface area contributed by atoms with Gasteiger partial charge in [-0.15, -0.1) is 0 Å². The molecule has 1 unspecified atom stereocenters. The molecule has 1 amide bonds. The number of benzene rings is 1. The smallest absolute Gasteiger partial charge is 0.323 e. The van der Waals surface area contributed by atoms with Crippen molar-refractivity contribution in [1.29, 1.82) is 0 Å². The molecule has 0 spiro atoms. The van der Waals surface area contributed by atoms with Gasteiger partial charge in [-0.1, -0.05) is 13.0 Å². The van der Waals surface area contributed by atoms with Crippen LogP contribution in [-0.4, -0.2) is 46.6 Å². The monoisotopic (exact) mass is 318 g/mol. The van der Waals surface area contributed by atoms with E-state index in [1.54, 1.807) is 13.3 Å². The number of aliphatic carboxylic acids is 1. The van der Waals surface area contributed by atoms with Gasteiger partial charge in [0.2, 0.25) is 5.91 Å². The summed E-state index contributed by atoms with van der Waals surface area (Å²) in [5.41, 5.74) is 1.70. The van der Waals surface area contributed by atoms with Gasteiger partial charge in [-0.2, -0.15) is 0 Å². The Morgan fingerprint density at radius 2 is 2.13 bits per heavy atom. The first-order valence-corrected chi connectivity index (χ1v) is 7.62. The lowest BCUT2D eigenvalue weighted by Crippen LogP contribution is -2.42. The van der Waals surface area contributed by atoms with E-state index >= 15 is 0 Å². The van der Waals surface area contributed by atoms with Crippen LogP contribution in [0.25, 0.3) is 10.9 Å². The molecule has 1 aromatic heterocycles. The standard InChI is InChI=1S/C17H22N2O4/c1-4-11(2)19(10-16(21)22)15(20)8-12-9-18-13-6-5-7-14(23-3)17(12)13/h5-7,9,11,18H,4,8,10H2,1-3H3,(H,21,22). The van der Waals surface area contributed by atoms with Crippen LogP contribution < -0.4 is 4.74 Å². The summed E-state index contributed by atoms with van der Waals surface area (Å²) in [5, 5.41) is 9.90. The lowest BCUT2D eigenvalue weighted by Gasteiger charge is -2.27. The predicted molar refractivity (Wildman–Crippen MR) is 87.7 cm³/mol. The summed E-state index contributed by atoms with van der Waals surface area (Å²) in [6.07, 6.45) is 2.62. The summed E-state index contributed by atoms with van der Waals surface area (Å²) in [4.78, 5) is 28.2. The van der Waals surface area contributed by atoms with Crippen molar-refractivity contribution in [1.82, 2.24) is 9.88 Å². The van der Waals surface area contributed by atoms with Gasteiger partial charge < -0.3 is 19.7 Å². The number of ether oxygens (including phenoxy) is 1. The number of aromatic amines is 1. The number of rotatable bonds is 7. The Hall–Kier alpha value is -2.50. The van der Waals surface area contributed by atoms with E-state index in [2.05, 4.69) is 4.98 Å². The fraction of sp³-hybridized carbons (Fsp3) is 0.412. The minimum absolute atomic E-state index is 0.120. The first-order valence-electron chi connectivity index (χ1n) is 7.62. The van der Waals surface area contributed by atoms with Crippen LogP contribution in [0.4, 0.5) is 0 Å². The topological polar surface area (TPSA) is 82.6 Å². The molecule has 0 aliphatic carbocycles. The maximum atomic E-state index is 12.6. The maximum Gasteiger partial charge on any atom is 0.323 e. The van der Waals surface area contributed by atoms with E-state index in [1.807, 2.05) is 32.0 Å². The van der Waals surface area contributed by atoms with Gasteiger partial charge in [-0.3, -0.25) is 9.59 Å². The van der Waals surface area contributed by atoms with Crippen LogP contribution in [0.5, 0.6) is 5.75 Å². The van der Waals surface area contributed by atoms with E-state index in [1.165, 1.54) is 4.90 Å². The number of carbonyl (C=O) groups is 2. The second-order valence-corrected chi connectivity index (χ2v) is 5.55. The number of nitrogens with zero attached hydrogens (tertiary/aromatic N) is 1. The van der Waals surface area contributed by atoms with E-state index in [0.29, 0.717) is 12.2 Å². The van der Waals surface area contributed by atoms with Crippen molar-refractivity contribution in [2.75, 3.05) is 13.7 Å². The fourth-order valence-corrected chi connectivity index (χ4v) is 2.65. The third-order valence-electron chi connectivity index (χ3n) is 4.06. The van der Waals surface area contributed by atoms with Crippen LogP contribution in [0.3, 0.4) is 0 Å². The number of hydrogen-bond donors (Lipinski definition) is 2. The number of amides is 1. The molecule has 23 heavy (non-hydrogen) atoms. The van der Waals surface area contributed by atoms with Gasteiger partial charge in [0.05, 0.1) is 13.5 Å². The van der Waals surface area contributed by atoms with Crippen LogP contribution in [0, 0.1) is 0 Å². The molecule has 0 saturated carbocycles. The van der Waals surface area contributed by atoms with Crippen LogP contribution in [0.15, 0.2) is 24.4 Å². The molecule has 1 heterocycles. The SMILES string of the molecule is CCC(C)N(CC(=O)O)C(=O)Cc1c[nH]c2cccc(OC)c12. The highest BCUT2D eigenvalue weighted by Gasteiger charge is 2.23. The molecular formula is C17H22N2O4. The molecule has 0 radical (unpaired) electrons. The predicted octanol–water partition coefficient (Wildman–Crippen LogP) is 2.43. The van der Waals surface area contributed by atoms with E-state index < -0.39 is 5.97 Å². The average molecular weight is 318 g/mol. The Bertz CT molecular complexity index is 708. The molecule has 2 aromatic rings. The van der Waals surface area contributed by atoms with Gasteiger partial charge in [-0.05, 0) is 31.0 Å². The lowest BCUT2D eigenvalue weighted by molar-refractivity contribution is -0.145. The molecule has 6 heteroatoms. The van der Waals surface area contributed by atoms with Crippen molar-refractivity contribution in [3.8, 4) is 5.75 Å². The zero-order valence-electron chi connectivity index (χ0n) is 13.6. The van der Waals surface area contributed by atoms with Crippen LogP contribution in [0.1, 0.15) is 25.8 Å². The summed E-state index contributed by atoms with van der Waals surface area (Å²) < 4.78 is 5.36. The Morgan fingerprint density at radius 3 is 2.74 bits per heavy atom. The number of carboxylic acid groups (broad SMARTS) is 1. The van der Waals surface area contributed by atoms with Crippen molar-refractivity contribution in [2.24, 2.45) is 0 Å². The summed E-state index contributed by atoms with van der Waals surface area (Å²) in [7, 11) is 1.59. The number of H-pyrrole nitrogens is 1. The molecule has 2 N–H and O–H groups in total. The molecule has 0 aliphatic heterocycles. The molecule has 0 saturated heterocycles. The van der Waals surface area contributed by atoms with E-state index in [9.17, 15) is 9.59 Å². The zero-order valence-corrected chi connectivity index (χ0v) is 13.6. The van der Waals surface area contributed by atoms with Crippen molar-refractivity contribution >= 4 is 22.8 Å². The van der Waals surface area contributed by atoms with Crippen LogP contribution in [0.2, 0.25) is 0 Å². The zero-order chi connectivity index (χ0) is 17.0. The molecular weight excluding hydrogens is 296 g/mol. The van der Waals surface area contributed by atoms with Gasteiger partial charge >= 0.3 is 5.97 Å². The highest BCUT2D eigenvalue weighted by molar-refractivity contribution is 5.93. The average Bonchev–Trinajstić information content (AvgIpc) is 2.94. The molecule has 1 aromatic carbocycles. The number of nitrogens with one attached hydrogen (secondary N) is 1. The van der Waals surface area contributed by atoms with Gasteiger partial charge in [0.1, 0.15) is 12.3 Å². The summed E-state index contributed by atoms with van der Waals surface area (Å²) in [6, 6.07) is 5.51. The summed E-state index contributed by atoms with van der Waals surface area (Å²) in [6.45, 7) is 3.51. The van der Waals surface area contributed by atoms with E-state index in [4.69, 9.17) is 9.84 Å². The second kappa shape index (κ2) is 7.17. The van der Waals surface area contributed by atoms with Crippen molar-refractivity contribution < 1.29 is 19.4 Å². The highest BCUT2D eigenvalue weighted by atomic mass is 16.5. The number of fused-ring (bicyclic) bond motifs is 1. The first-order chi connectivity index (χ1) is 11.0. The largest absolute Gasteiger partial charge is 0.496 e. The van der Waals surface area contributed by atoms with Gasteiger partial charge in [-0.25, -0.2) is 0 Å². The van der Waals surface area contributed by atoms with Gasteiger partial charge in [0, 0.05) is 23.1 Å².